The Hall–Kier alpha value is -1.39. The molecule has 106 valence electrons. The molecule has 0 bridgehead atoms. The van der Waals surface area contributed by atoms with Crippen molar-refractivity contribution in [3.8, 4) is 0 Å². The first-order valence-electron chi connectivity index (χ1n) is 6.66. The van der Waals surface area contributed by atoms with Crippen LogP contribution in [0.3, 0.4) is 0 Å². The monoisotopic (exact) mass is 265 g/mol. The molecule has 0 radical (unpaired) electrons. The second-order valence-corrected chi connectivity index (χ2v) is 4.90. The van der Waals surface area contributed by atoms with Gasteiger partial charge in [0.25, 0.3) is 0 Å². The average molecular weight is 265 g/mol. The summed E-state index contributed by atoms with van der Waals surface area (Å²) in [6.45, 7) is 4.99. The number of rotatable bonds is 8. The summed E-state index contributed by atoms with van der Waals surface area (Å²) in [5, 5.41) is 8.86. The molecular formula is C15H23NO3. The smallest absolute Gasteiger partial charge is 0.307 e. The Morgan fingerprint density at radius 3 is 2.37 bits per heavy atom. The van der Waals surface area contributed by atoms with Crippen LogP contribution in [0, 0.1) is 0 Å². The fourth-order valence-corrected chi connectivity index (χ4v) is 1.85. The van der Waals surface area contributed by atoms with E-state index in [1.165, 1.54) is 0 Å². The number of benzene rings is 1. The van der Waals surface area contributed by atoms with Crippen molar-refractivity contribution >= 4 is 5.97 Å². The quantitative estimate of drug-likeness (QED) is 0.756. The molecule has 3 N–H and O–H groups in total. The summed E-state index contributed by atoms with van der Waals surface area (Å²) in [6.07, 6.45) is 1.75. The summed E-state index contributed by atoms with van der Waals surface area (Å²) >= 11 is 0. The lowest BCUT2D eigenvalue weighted by molar-refractivity contribution is -0.136. The van der Waals surface area contributed by atoms with E-state index in [2.05, 4.69) is 0 Å². The van der Waals surface area contributed by atoms with Crippen molar-refractivity contribution in [1.82, 2.24) is 0 Å². The number of hydrogen-bond acceptors (Lipinski definition) is 3. The number of carboxylic acids is 1. The lowest BCUT2D eigenvalue weighted by Crippen LogP contribution is -2.43. The zero-order valence-corrected chi connectivity index (χ0v) is 11.7. The van der Waals surface area contributed by atoms with Crippen LogP contribution in [0.4, 0.5) is 0 Å². The van der Waals surface area contributed by atoms with Gasteiger partial charge >= 0.3 is 5.97 Å². The van der Waals surface area contributed by atoms with Gasteiger partial charge in [-0.05, 0) is 24.0 Å². The Morgan fingerprint density at radius 2 is 1.84 bits per heavy atom. The van der Waals surface area contributed by atoms with E-state index < -0.39 is 5.97 Å². The summed E-state index contributed by atoms with van der Waals surface area (Å²) in [4.78, 5) is 10.8. The summed E-state index contributed by atoms with van der Waals surface area (Å²) in [6, 6.07) is 7.45. The number of aliphatic carboxylic acids is 1. The second-order valence-electron chi connectivity index (χ2n) is 4.90. The predicted octanol–water partition coefficient (Wildman–Crippen LogP) is 2.35. The van der Waals surface area contributed by atoms with E-state index in [-0.39, 0.29) is 12.0 Å². The van der Waals surface area contributed by atoms with Crippen LogP contribution in [0.2, 0.25) is 0 Å². The number of ether oxygens (including phenoxy) is 1. The van der Waals surface area contributed by atoms with E-state index in [4.69, 9.17) is 15.6 Å². The highest BCUT2D eigenvalue weighted by molar-refractivity contribution is 5.70. The molecule has 0 saturated carbocycles. The van der Waals surface area contributed by atoms with Gasteiger partial charge in [0, 0.05) is 5.54 Å². The van der Waals surface area contributed by atoms with Gasteiger partial charge in [0.15, 0.2) is 0 Å². The van der Waals surface area contributed by atoms with E-state index >= 15 is 0 Å². The molecule has 4 heteroatoms. The molecule has 1 aromatic carbocycles. The first-order valence-corrected chi connectivity index (χ1v) is 6.66. The summed E-state index contributed by atoms with van der Waals surface area (Å²) in [5.41, 5.74) is 7.58. The molecule has 0 saturated heterocycles. The molecule has 1 aromatic rings. The Kier molecular flexibility index (Phi) is 5.99. The molecule has 0 unspecified atom stereocenters. The third-order valence-corrected chi connectivity index (χ3v) is 3.52. The van der Waals surface area contributed by atoms with Crippen molar-refractivity contribution in [1.29, 1.82) is 0 Å². The Balaban J connectivity index is 2.60. The molecule has 0 aliphatic rings. The minimum Gasteiger partial charge on any atom is -0.481 e. The predicted molar refractivity (Wildman–Crippen MR) is 74.9 cm³/mol. The SMILES string of the molecule is CCC(N)(CC)COCc1ccccc1CC(=O)O. The Labute approximate surface area is 114 Å². The van der Waals surface area contributed by atoms with Crippen LogP contribution >= 0.6 is 0 Å². The molecule has 0 heterocycles. The third kappa shape index (κ3) is 5.01. The van der Waals surface area contributed by atoms with Gasteiger partial charge in [0.2, 0.25) is 0 Å². The summed E-state index contributed by atoms with van der Waals surface area (Å²) < 4.78 is 5.67. The number of nitrogens with two attached hydrogens (primary N) is 1. The molecule has 0 atom stereocenters. The normalized spacial score (nSPS) is 11.5. The molecular weight excluding hydrogens is 242 g/mol. The van der Waals surface area contributed by atoms with Gasteiger partial charge < -0.3 is 15.6 Å². The molecule has 1 rings (SSSR count). The molecule has 4 nitrogen and oxygen atoms in total. The molecule has 19 heavy (non-hydrogen) atoms. The third-order valence-electron chi connectivity index (χ3n) is 3.52. The van der Waals surface area contributed by atoms with Crippen LogP contribution in [0.25, 0.3) is 0 Å². The summed E-state index contributed by atoms with van der Waals surface area (Å²) in [5.74, 6) is -0.831. The van der Waals surface area contributed by atoms with Gasteiger partial charge in [-0.2, -0.15) is 0 Å². The Morgan fingerprint density at radius 1 is 1.26 bits per heavy atom. The zero-order chi connectivity index (χ0) is 14.3. The highest BCUT2D eigenvalue weighted by Gasteiger charge is 2.20. The van der Waals surface area contributed by atoms with Crippen LogP contribution in [0.1, 0.15) is 37.8 Å². The second kappa shape index (κ2) is 7.26. The first-order chi connectivity index (χ1) is 9.00. The molecule has 0 aliphatic heterocycles. The fraction of sp³-hybridized carbons (Fsp3) is 0.533. The van der Waals surface area contributed by atoms with Crippen LogP contribution in [-0.2, 0) is 22.6 Å². The Bertz CT molecular complexity index is 414. The van der Waals surface area contributed by atoms with Crippen LogP contribution in [0.15, 0.2) is 24.3 Å². The van der Waals surface area contributed by atoms with Crippen LogP contribution in [-0.4, -0.2) is 23.2 Å². The van der Waals surface area contributed by atoms with Crippen molar-refractivity contribution in [2.45, 2.75) is 45.3 Å². The van der Waals surface area contributed by atoms with Crippen molar-refractivity contribution < 1.29 is 14.6 Å². The van der Waals surface area contributed by atoms with Crippen molar-refractivity contribution in [2.75, 3.05) is 6.61 Å². The maximum absolute atomic E-state index is 10.8. The number of hydrogen-bond donors (Lipinski definition) is 2. The maximum atomic E-state index is 10.8. The molecule has 0 spiro atoms. The standard InChI is InChI=1S/C15H23NO3/c1-3-15(16,4-2)11-19-10-13-8-6-5-7-12(13)9-14(17)18/h5-8H,3-4,9-11,16H2,1-2H3,(H,17,18). The van der Waals surface area contributed by atoms with E-state index in [0.29, 0.717) is 13.2 Å². The van der Waals surface area contributed by atoms with Gasteiger partial charge in [-0.1, -0.05) is 38.1 Å². The molecule has 0 fully saturated rings. The van der Waals surface area contributed by atoms with Crippen molar-refractivity contribution in [3.05, 3.63) is 35.4 Å². The topological polar surface area (TPSA) is 72.5 Å². The first kappa shape index (κ1) is 15.7. The van der Waals surface area contributed by atoms with Gasteiger partial charge in [-0.25, -0.2) is 0 Å². The van der Waals surface area contributed by atoms with Crippen molar-refractivity contribution in [3.63, 3.8) is 0 Å². The molecule has 0 aromatic heterocycles. The van der Waals surface area contributed by atoms with E-state index in [0.717, 1.165) is 24.0 Å². The van der Waals surface area contributed by atoms with Crippen molar-refractivity contribution in [2.24, 2.45) is 5.73 Å². The largest absolute Gasteiger partial charge is 0.481 e. The summed E-state index contributed by atoms with van der Waals surface area (Å²) in [7, 11) is 0. The number of carboxylic acid groups (broad SMARTS) is 1. The fourth-order valence-electron chi connectivity index (χ4n) is 1.85. The lowest BCUT2D eigenvalue weighted by Gasteiger charge is -2.26. The maximum Gasteiger partial charge on any atom is 0.307 e. The van der Waals surface area contributed by atoms with Crippen LogP contribution < -0.4 is 5.73 Å². The lowest BCUT2D eigenvalue weighted by atomic mass is 9.95. The minimum absolute atomic E-state index is 0.0227. The molecule has 0 amide bonds. The van der Waals surface area contributed by atoms with E-state index in [1.54, 1.807) is 0 Å². The highest BCUT2D eigenvalue weighted by atomic mass is 16.5. The zero-order valence-electron chi connectivity index (χ0n) is 11.7. The molecule has 0 aliphatic carbocycles. The van der Waals surface area contributed by atoms with Gasteiger partial charge in [0.1, 0.15) is 0 Å². The number of carbonyl (C=O) groups is 1. The average Bonchev–Trinajstić information content (AvgIpc) is 2.40. The highest BCUT2D eigenvalue weighted by Crippen LogP contribution is 2.15. The van der Waals surface area contributed by atoms with Gasteiger partial charge in [-0.15, -0.1) is 0 Å². The van der Waals surface area contributed by atoms with Gasteiger partial charge in [-0.3, -0.25) is 4.79 Å². The van der Waals surface area contributed by atoms with E-state index in [1.807, 2.05) is 38.1 Å². The van der Waals surface area contributed by atoms with Crippen LogP contribution in [0.5, 0.6) is 0 Å². The minimum atomic E-state index is -0.831. The van der Waals surface area contributed by atoms with E-state index in [9.17, 15) is 4.79 Å². The van der Waals surface area contributed by atoms with Gasteiger partial charge in [0.05, 0.1) is 19.6 Å².